The average molecular weight is 316 g/mol. The van der Waals surface area contributed by atoms with Crippen molar-refractivity contribution < 1.29 is 13.9 Å². The van der Waals surface area contributed by atoms with E-state index in [2.05, 4.69) is 20.8 Å². The Bertz CT molecular complexity index is 631. The Balaban J connectivity index is 1.70. The molecule has 23 heavy (non-hydrogen) atoms. The number of fused-ring (bicyclic) bond motifs is 3. The standard InChI is InChI=1S/C20H28O3/c1-17(2)8-5-9-18(3)15(17)12-16(21)19(4)20(18,23-19)10-6-14-7-11-22-13-14/h7,11,13,15H,5-6,8-10,12H2,1-4H3/t15-,18-,19+,20-/m0/s1. The van der Waals surface area contributed by atoms with E-state index >= 15 is 0 Å². The Morgan fingerprint density at radius 1 is 1.22 bits per heavy atom. The van der Waals surface area contributed by atoms with Gasteiger partial charge in [-0.05, 0) is 55.6 Å². The van der Waals surface area contributed by atoms with E-state index in [0.717, 1.165) is 12.8 Å². The van der Waals surface area contributed by atoms with Crippen LogP contribution in [-0.4, -0.2) is 17.0 Å². The molecule has 2 aliphatic carbocycles. The van der Waals surface area contributed by atoms with Gasteiger partial charge in [0.25, 0.3) is 0 Å². The number of carbonyl (C=O) groups excluding carboxylic acids is 1. The van der Waals surface area contributed by atoms with Crippen molar-refractivity contribution in [3.8, 4) is 0 Å². The molecular weight excluding hydrogens is 288 g/mol. The van der Waals surface area contributed by atoms with Crippen molar-refractivity contribution in [3.05, 3.63) is 24.2 Å². The van der Waals surface area contributed by atoms with Crippen LogP contribution in [0.3, 0.4) is 0 Å². The molecule has 3 heteroatoms. The minimum atomic E-state index is -0.560. The topological polar surface area (TPSA) is 42.7 Å². The van der Waals surface area contributed by atoms with Crippen molar-refractivity contribution in [1.29, 1.82) is 0 Å². The number of Topliss-reactive ketones (excluding diaryl/α,β-unsaturated/α-hetero) is 1. The number of epoxide rings is 1. The zero-order valence-electron chi connectivity index (χ0n) is 14.8. The highest BCUT2D eigenvalue weighted by atomic mass is 16.6. The summed E-state index contributed by atoms with van der Waals surface area (Å²) in [6.07, 6.45) is 9.69. The molecule has 0 amide bonds. The van der Waals surface area contributed by atoms with Crippen LogP contribution in [0.25, 0.3) is 0 Å². The zero-order valence-corrected chi connectivity index (χ0v) is 14.8. The van der Waals surface area contributed by atoms with Gasteiger partial charge >= 0.3 is 0 Å². The molecule has 3 nitrogen and oxygen atoms in total. The first-order chi connectivity index (χ1) is 10.8. The molecule has 0 radical (unpaired) electrons. The summed E-state index contributed by atoms with van der Waals surface area (Å²) in [6, 6.07) is 2.02. The first-order valence-corrected chi connectivity index (χ1v) is 9.00. The molecule has 126 valence electrons. The van der Waals surface area contributed by atoms with Gasteiger partial charge in [0.05, 0.1) is 12.5 Å². The van der Waals surface area contributed by atoms with Crippen LogP contribution in [0.1, 0.15) is 65.4 Å². The summed E-state index contributed by atoms with van der Waals surface area (Å²) in [5.41, 5.74) is 0.676. The molecule has 0 N–H and O–H groups in total. The summed E-state index contributed by atoms with van der Waals surface area (Å²) in [7, 11) is 0. The van der Waals surface area contributed by atoms with Crippen LogP contribution < -0.4 is 0 Å². The third-order valence-electron chi connectivity index (χ3n) is 7.53. The van der Waals surface area contributed by atoms with Crippen molar-refractivity contribution in [1.82, 2.24) is 0 Å². The maximum absolute atomic E-state index is 12.9. The van der Waals surface area contributed by atoms with Crippen LogP contribution in [0.2, 0.25) is 0 Å². The van der Waals surface area contributed by atoms with Crippen molar-refractivity contribution in [2.24, 2.45) is 16.7 Å². The van der Waals surface area contributed by atoms with E-state index in [1.54, 1.807) is 6.26 Å². The molecule has 0 bridgehead atoms. The summed E-state index contributed by atoms with van der Waals surface area (Å²) in [4.78, 5) is 12.9. The van der Waals surface area contributed by atoms with Gasteiger partial charge in [0.15, 0.2) is 11.4 Å². The Morgan fingerprint density at radius 2 is 2.00 bits per heavy atom. The minimum Gasteiger partial charge on any atom is -0.472 e. The minimum absolute atomic E-state index is 0.0984. The van der Waals surface area contributed by atoms with Crippen molar-refractivity contribution in [3.63, 3.8) is 0 Å². The van der Waals surface area contributed by atoms with E-state index in [9.17, 15) is 4.79 Å². The molecule has 1 aromatic heterocycles. The Hall–Kier alpha value is -1.09. The number of aryl methyl sites for hydroxylation is 1. The summed E-state index contributed by atoms with van der Waals surface area (Å²) < 4.78 is 11.6. The van der Waals surface area contributed by atoms with Gasteiger partial charge < -0.3 is 9.15 Å². The lowest BCUT2D eigenvalue weighted by Gasteiger charge is -2.56. The molecule has 3 fully saturated rings. The van der Waals surface area contributed by atoms with E-state index in [4.69, 9.17) is 9.15 Å². The van der Waals surface area contributed by atoms with Crippen molar-refractivity contribution in [2.75, 3.05) is 0 Å². The van der Waals surface area contributed by atoms with Crippen LogP contribution in [0, 0.1) is 16.7 Å². The normalized spacial score (nSPS) is 44.5. The number of carbonyl (C=O) groups is 1. The average Bonchev–Trinajstić information content (AvgIpc) is 2.87. The van der Waals surface area contributed by atoms with Gasteiger partial charge in [0.1, 0.15) is 5.60 Å². The Morgan fingerprint density at radius 3 is 2.70 bits per heavy atom. The molecule has 1 aliphatic heterocycles. The summed E-state index contributed by atoms with van der Waals surface area (Å²) >= 11 is 0. The van der Waals surface area contributed by atoms with Crippen LogP contribution in [-0.2, 0) is 16.0 Å². The molecule has 1 aromatic rings. The lowest BCUT2D eigenvalue weighted by atomic mass is 9.45. The highest BCUT2D eigenvalue weighted by Gasteiger charge is 2.82. The zero-order chi connectivity index (χ0) is 16.5. The smallest absolute Gasteiger partial charge is 0.167 e. The number of rotatable bonds is 3. The van der Waals surface area contributed by atoms with Crippen molar-refractivity contribution >= 4 is 5.78 Å². The van der Waals surface area contributed by atoms with Crippen LogP contribution in [0.15, 0.2) is 23.0 Å². The number of ketones is 1. The molecule has 4 atom stereocenters. The van der Waals surface area contributed by atoms with Crippen LogP contribution >= 0.6 is 0 Å². The highest BCUT2D eigenvalue weighted by molar-refractivity contribution is 5.93. The van der Waals surface area contributed by atoms with E-state index < -0.39 is 5.60 Å². The van der Waals surface area contributed by atoms with E-state index in [0.29, 0.717) is 18.1 Å². The number of furan rings is 1. The SMILES string of the molecule is CC1(C)CCC[C@@]2(C)[C@H]1CC(=O)[C@@]1(C)O[C@@]21CCc1ccoc1. The van der Waals surface area contributed by atoms with Gasteiger partial charge in [0, 0.05) is 11.8 Å². The second-order valence-corrected chi connectivity index (χ2v) is 9.03. The second-order valence-electron chi connectivity index (χ2n) is 9.03. The van der Waals surface area contributed by atoms with Crippen LogP contribution in [0.4, 0.5) is 0 Å². The largest absolute Gasteiger partial charge is 0.472 e. The van der Waals surface area contributed by atoms with Gasteiger partial charge in [-0.2, -0.15) is 0 Å². The third-order valence-corrected chi connectivity index (χ3v) is 7.53. The van der Waals surface area contributed by atoms with Gasteiger partial charge in [-0.1, -0.05) is 27.2 Å². The molecule has 2 heterocycles. The molecule has 1 saturated heterocycles. The quantitative estimate of drug-likeness (QED) is 0.769. The molecule has 3 aliphatic rings. The molecule has 2 saturated carbocycles. The molecule has 4 rings (SSSR count). The number of hydrogen-bond acceptors (Lipinski definition) is 3. The third kappa shape index (κ3) is 1.83. The molecular formula is C20H28O3. The van der Waals surface area contributed by atoms with Gasteiger partial charge in [-0.15, -0.1) is 0 Å². The predicted octanol–water partition coefficient (Wildman–Crippen LogP) is 4.55. The summed E-state index contributed by atoms with van der Waals surface area (Å²) in [5.74, 6) is 0.748. The molecule has 0 aromatic carbocycles. The fourth-order valence-electron chi connectivity index (χ4n) is 6.08. The first kappa shape index (κ1) is 15.4. The van der Waals surface area contributed by atoms with Crippen molar-refractivity contribution in [2.45, 2.75) is 77.4 Å². The predicted molar refractivity (Wildman–Crippen MR) is 88.1 cm³/mol. The fraction of sp³-hybridized carbons (Fsp3) is 0.750. The van der Waals surface area contributed by atoms with E-state index in [1.165, 1.54) is 24.8 Å². The summed E-state index contributed by atoms with van der Waals surface area (Å²) in [5, 5.41) is 0. The Kier molecular flexibility index (Phi) is 3.02. The van der Waals surface area contributed by atoms with Gasteiger partial charge in [-0.3, -0.25) is 4.79 Å². The maximum atomic E-state index is 12.9. The Labute approximate surface area is 138 Å². The monoisotopic (exact) mass is 316 g/mol. The lowest BCUT2D eigenvalue weighted by Crippen LogP contribution is -2.59. The fourth-order valence-corrected chi connectivity index (χ4v) is 6.08. The lowest BCUT2D eigenvalue weighted by molar-refractivity contribution is -0.135. The van der Waals surface area contributed by atoms with Gasteiger partial charge in [0.2, 0.25) is 0 Å². The maximum Gasteiger partial charge on any atom is 0.167 e. The van der Waals surface area contributed by atoms with E-state index in [1.807, 2.05) is 19.3 Å². The second kappa shape index (κ2) is 4.50. The number of hydrogen-bond donors (Lipinski definition) is 0. The van der Waals surface area contributed by atoms with Gasteiger partial charge in [-0.25, -0.2) is 0 Å². The molecule has 0 spiro atoms. The van der Waals surface area contributed by atoms with Crippen LogP contribution in [0.5, 0.6) is 0 Å². The van der Waals surface area contributed by atoms with E-state index in [-0.39, 0.29) is 16.4 Å². The molecule has 0 unspecified atom stereocenters. The summed E-state index contributed by atoms with van der Waals surface area (Å²) in [6.45, 7) is 9.12. The first-order valence-electron chi connectivity index (χ1n) is 9.00. The number of ether oxygens (including phenoxy) is 1. The highest BCUT2D eigenvalue weighted by Crippen LogP contribution is 2.73.